The Morgan fingerprint density at radius 2 is 1.92 bits per heavy atom. The van der Waals surface area contributed by atoms with Crippen LogP contribution in [0.2, 0.25) is 0 Å². The average Bonchev–Trinajstić information content (AvgIpc) is 3.32. The number of nitrogens with two attached hydrogens (primary N) is 1. The molecule has 0 aliphatic rings. The second-order valence-corrected chi connectivity index (χ2v) is 5.15. The van der Waals surface area contributed by atoms with E-state index in [0.29, 0.717) is 22.6 Å². The molecule has 0 bridgehead atoms. The molecule has 0 radical (unpaired) electrons. The Balaban J connectivity index is 0.000000880. The van der Waals surface area contributed by atoms with E-state index in [1.165, 1.54) is 0 Å². The van der Waals surface area contributed by atoms with Gasteiger partial charge >= 0.3 is 0 Å². The Kier molecular flexibility index (Phi) is 4.53. The Labute approximate surface area is 145 Å². The molecule has 0 atom stereocenters. The molecule has 3 aromatic heterocycles. The second kappa shape index (κ2) is 6.93. The van der Waals surface area contributed by atoms with Gasteiger partial charge in [0.05, 0.1) is 12.0 Å². The van der Waals surface area contributed by atoms with Crippen molar-refractivity contribution in [2.75, 3.05) is 5.73 Å². The van der Waals surface area contributed by atoms with Crippen LogP contribution in [0.3, 0.4) is 0 Å². The first-order chi connectivity index (χ1) is 12.3. The monoisotopic (exact) mass is 330 g/mol. The van der Waals surface area contributed by atoms with Crippen molar-refractivity contribution in [1.29, 1.82) is 5.26 Å². The van der Waals surface area contributed by atoms with Gasteiger partial charge in [0.1, 0.15) is 23.2 Å². The first-order valence-corrected chi connectivity index (χ1v) is 8.09. The molecule has 3 N–H and O–H groups in total. The van der Waals surface area contributed by atoms with E-state index in [1.54, 1.807) is 18.4 Å². The lowest BCUT2D eigenvalue weighted by Gasteiger charge is -2.07. The van der Waals surface area contributed by atoms with Gasteiger partial charge in [-0.25, -0.2) is 4.98 Å². The Morgan fingerprint density at radius 3 is 2.64 bits per heavy atom. The number of hydrogen-bond acceptors (Lipinski definition) is 4. The number of para-hydroxylation sites is 1. The number of fused-ring (bicyclic) bond motifs is 1. The van der Waals surface area contributed by atoms with E-state index in [9.17, 15) is 5.26 Å². The normalized spacial score (nSPS) is 10.1. The zero-order valence-electron chi connectivity index (χ0n) is 14.1. The standard InChI is InChI=1S/C18H12N4O.C2H6/c19-9-13-12(17-6-3-7-23-17)8-16(22-18(13)20)14-10-21-15-5-2-1-4-11(14)15;1-2/h1-8,10,21H,(H2,20,22);1-2H3. The van der Waals surface area contributed by atoms with Gasteiger partial charge in [-0.2, -0.15) is 5.26 Å². The molecule has 0 unspecified atom stereocenters. The number of nitrogen functional groups attached to an aromatic ring is 1. The van der Waals surface area contributed by atoms with Crippen molar-refractivity contribution in [3.8, 4) is 28.7 Å². The predicted molar refractivity (Wildman–Crippen MR) is 99.7 cm³/mol. The molecule has 0 amide bonds. The van der Waals surface area contributed by atoms with Crippen molar-refractivity contribution in [2.24, 2.45) is 0 Å². The first kappa shape index (κ1) is 16.3. The number of nitrogens with zero attached hydrogens (tertiary/aromatic N) is 2. The predicted octanol–water partition coefficient (Wildman–Crippen LogP) is 4.97. The van der Waals surface area contributed by atoms with Crippen LogP contribution in [0.1, 0.15) is 19.4 Å². The molecule has 4 aromatic rings. The Bertz CT molecular complexity index is 1040. The molecule has 1 aromatic carbocycles. The van der Waals surface area contributed by atoms with E-state index in [0.717, 1.165) is 16.5 Å². The molecule has 5 nitrogen and oxygen atoms in total. The SMILES string of the molecule is CC.N#Cc1c(-c2ccco2)cc(-c2c[nH]c3ccccc23)nc1N. The third-order valence-corrected chi connectivity index (χ3v) is 3.81. The van der Waals surface area contributed by atoms with E-state index in [4.69, 9.17) is 10.2 Å². The Morgan fingerprint density at radius 1 is 1.12 bits per heavy atom. The largest absolute Gasteiger partial charge is 0.464 e. The zero-order chi connectivity index (χ0) is 17.8. The molecule has 0 aliphatic heterocycles. The lowest BCUT2D eigenvalue weighted by atomic mass is 10.0. The minimum atomic E-state index is 0.196. The minimum absolute atomic E-state index is 0.196. The molecule has 5 heteroatoms. The zero-order valence-corrected chi connectivity index (χ0v) is 14.1. The van der Waals surface area contributed by atoms with E-state index < -0.39 is 0 Å². The summed E-state index contributed by atoms with van der Waals surface area (Å²) in [4.78, 5) is 7.62. The topological polar surface area (TPSA) is 91.6 Å². The van der Waals surface area contributed by atoms with Crippen LogP contribution in [0.15, 0.2) is 59.3 Å². The summed E-state index contributed by atoms with van der Waals surface area (Å²) in [5.41, 5.74) is 9.62. The minimum Gasteiger partial charge on any atom is -0.464 e. The number of rotatable bonds is 2. The molecule has 124 valence electrons. The van der Waals surface area contributed by atoms with E-state index in [-0.39, 0.29) is 5.82 Å². The summed E-state index contributed by atoms with van der Waals surface area (Å²) in [6.45, 7) is 4.00. The fourth-order valence-corrected chi connectivity index (χ4v) is 2.73. The van der Waals surface area contributed by atoms with Crippen molar-refractivity contribution in [1.82, 2.24) is 9.97 Å². The quantitative estimate of drug-likeness (QED) is 0.543. The molecule has 0 saturated heterocycles. The van der Waals surface area contributed by atoms with Gasteiger partial charge in [-0.3, -0.25) is 0 Å². The van der Waals surface area contributed by atoms with Gasteiger partial charge in [-0.1, -0.05) is 32.0 Å². The van der Waals surface area contributed by atoms with Gasteiger partial charge in [0.2, 0.25) is 0 Å². The lowest BCUT2D eigenvalue weighted by molar-refractivity contribution is 0.582. The average molecular weight is 330 g/mol. The van der Waals surface area contributed by atoms with Gasteiger partial charge in [0.25, 0.3) is 0 Å². The highest BCUT2D eigenvalue weighted by Crippen LogP contribution is 2.34. The van der Waals surface area contributed by atoms with Gasteiger partial charge in [-0.05, 0) is 24.3 Å². The summed E-state index contributed by atoms with van der Waals surface area (Å²) < 4.78 is 5.43. The summed E-state index contributed by atoms with van der Waals surface area (Å²) in [5, 5.41) is 10.4. The molecule has 0 saturated carbocycles. The van der Waals surface area contributed by atoms with Crippen LogP contribution < -0.4 is 5.73 Å². The maximum Gasteiger partial charge on any atom is 0.142 e. The van der Waals surface area contributed by atoms with Crippen molar-refractivity contribution in [3.63, 3.8) is 0 Å². The number of anilines is 1. The van der Waals surface area contributed by atoms with E-state index in [1.807, 2.05) is 50.4 Å². The van der Waals surface area contributed by atoms with Crippen molar-refractivity contribution in [2.45, 2.75) is 13.8 Å². The summed E-state index contributed by atoms with van der Waals surface area (Å²) in [6.07, 6.45) is 3.46. The maximum absolute atomic E-state index is 9.37. The van der Waals surface area contributed by atoms with Crippen LogP contribution in [0.25, 0.3) is 33.5 Å². The van der Waals surface area contributed by atoms with E-state index >= 15 is 0 Å². The lowest BCUT2D eigenvalue weighted by Crippen LogP contribution is -1.99. The summed E-state index contributed by atoms with van der Waals surface area (Å²) in [6, 6.07) is 15.5. The molecule has 0 aliphatic carbocycles. The van der Waals surface area contributed by atoms with Gasteiger partial charge < -0.3 is 15.1 Å². The van der Waals surface area contributed by atoms with Crippen LogP contribution >= 0.6 is 0 Å². The van der Waals surface area contributed by atoms with Crippen LogP contribution in [0, 0.1) is 11.3 Å². The van der Waals surface area contributed by atoms with Crippen LogP contribution in [-0.4, -0.2) is 9.97 Å². The number of hydrogen-bond donors (Lipinski definition) is 2. The number of aromatic nitrogens is 2. The molecule has 3 heterocycles. The number of pyridine rings is 1. The number of nitrogens with one attached hydrogen (secondary N) is 1. The van der Waals surface area contributed by atoms with Crippen LogP contribution in [-0.2, 0) is 0 Å². The fourth-order valence-electron chi connectivity index (χ4n) is 2.73. The highest BCUT2D eigenvalue weighted by Gasteiger charge is 2.16. The summed E-state index contributed by atoms with van der Waals surface area (Å²) >= 11 is 0. The molecule has 25 heavy (non-hydrogen) atoms. The molecular formula is C20H18N4O. The van der Waals surface area contributed by atoms with Crippen molar-refractivity contribution >= 4 is 16.7 Å². The first-order valence-electron chi connectivity index (χ1n) is 8.09. The highest BCUT2D eigenvalue weighted by molar-refractivity contribution is 5.95. The van der Waals surface area contributed by atoms with Crippen LogP contribution in [0.4, 0.5) is 5.82 Å². The van der Waals surface area contributed by atoms with Crippen LogP contribution in [0.5, 0.6) is 0 Å². The van der Waals surface area contributed by atoms with Gasteiger partial charge in [-0.15, -0.1) is 0 Å². The summed E-state index contributed by atoms with van der Waals surface area (Å²) in [7, 11) is 0. The number of nitriles is 1. The smallest absolute Gasteiger partial charge is 0.142 e. The summed E-state index contributed by atoms with van der Waals surface area (Å²) in [5.74, 6) is 0.790. The second-order valence-electron chi connectivity index (χ2n) is 5.15. The van der Waals surface area contributed by atoms with Crippen molar-refractivity contribution in [3.05, 3.63) is 60.5 Å². The van der Waals surface area contributed by atoms with Crippen molar-refractivity contribution < 1.29 is 4.42 Å². The molecule has 0 fully saturated rings. The number of H-pyrrole nitrogens is 1. The third kappa shape index (κ3) is 2.86. The number of benzene rings is 1. The Hall–Kier alpha value is -3.52. The maximum atomic E-state index is 9.37. The fraction of sp³-hybridized carbons (Fsp3) is 0.100. The molecule has 0 spiro atoms. The molecule has 4 rings (SSSR count). The van der Waals surface area contributed by atoms with E-state index in [2.05, 4.69) is 16.0 Å². The molecular weight excluding hydrogens is 312 g/mol. The number of aromatic amines is 1. The third-order valence-electron chi connectivity index (χ3n) is 3.81. The van der Waals surface area contributed by atoms with Gasteiger partial charge in [0.15, 0.2) is 0 Å². The van der Waals surface area contributed by atoms with Gasteiger partial charge in [0, 0.05) is 28.2 Å². The number of furan rings is 1. The highest BCUT2D eigenvalue weighted by atomic mass is 16.3.